The number of hydrogen-bond acceptors (Lipinski definition) is 4. The third-order valence-electron chi connectivity index (χ3n) is 4.87. The molecule has 142 valence electrons. The average Bonchev–Trinajstić information content (AvgIpc) is 3.08. The second-order valence-electron chi connectivity index (χ2n) is 8.11. The van der Waals surface area contributed by atoms with Gasteiger partial charge in [-0.3, -0.25) is 4.79 Å². The Balaban J connectivity index is 1.75. The monoisotopic (exact) mass is 367 g/mol. The topological polar surface area (TPSA) is 83.4 Å². The molecule has 1 aliphatic heterocycles. The lowest BCUT2D eigenvalue weighted by Crippen LogP contribution is -2.38. The fourth-order valence-electron chi connectivity index (χ4n) is 3.50. The molecule has 0 radical (unpaired) electrons. The van der Waals surface area contributed by atoms with Crippen molar-refractivity contribution in [2.45, 2.75) is 33.6 Å². The average molecular weight is 367 g/mol. The maximum absolute atomic E-state index is 12.4. The van der Waals surface area contributed by atoms with Crippen molar-refractivity contribution in [3.05, 3.63) is 47.9 Å². The van der Waals surface area contributed by atoms with Crippen molar-refractivity contribution in [3.8, 4) is 11.3 Å². The zero-order chi connectivity index (χ0) is 19.6. The minimum absolute atomic E-state index is 0.184. The number of benzene rings is 1. The first-order chi connectivity index (χ1) is 12.8. The highest BCUT2D eigenvalue weighted by Gasteiger charge is 2.32. The van der Waals surface area contributed by atoms with E-state index in [1.807, 2.05) is 31.7 Å². The van der Waals surface area contributed by atoms with Gasteiger partial charge in [-0.05, 0) is 30.9 Å². The van der Waals surface area contributed by atoms with E-state index in [0.717, 1.165) is 31.6 Å². The smallest absolute Gasteiger partial charge is 0.336 e. The van der Waals surface area contributed by atoms with Crippen molar-refractivity contribution in [1.82, 2.24) is 14.9 Å². The maximum atomic E-state index is 12.4. The van der Waals surface area contributed by atoms with E-state index in [1.165, 1.54) is 6.33 Å². The number of amides is 1. The van der Waals surface area contributed by atoms with Gasteiger partial charge in [0.25, 0.3) is 0 Å². The van der Waals surface area contributed by atoms with E-state index in [2.05, 4.69) is 9.97 Å². The molecule has 6 nitrogen and oxygen atoms in total. The fourth-order valence-corrected chi connectivity index (χ4v) is 3.50. The second-order valence-corrected chi connectivity index (χ2v) is 8.11. The molecule has 1 amide bonds. The van der Waals surface area contributed by atoms with Crippen LogP contribution in [-0.4, -0.2) is 44.9 Å². The van der Waals surface area contributed by atoms with Crippen LogP contribution >= 0.6 is 0 Å². The first-order valence-corrected chi connectivity index (χ1v) is 9.18. The zero-order valence-corrected chi connectivity index (χ0v) is 16.0. The molecule has 3 rings (SSSR count). The van der Waals surface area contributed by atoms with Gasteiger partial charge < -0.3 is 10.0 Å². The molecule has 6 heteroatoms. The molecule has 0 aliphatic carbocycles. The largest absolute Gasteiger partial charge is 0.478 e. The van der Waals surface area contributed by atoms with E-state index < -0.39 is 5.97 Å². The molecule has 0 bridgehead atoms. The van der Waals surface area contributed by atoms with E-state index in [-0.39, 0.29) is 16.9 Å². The molecule has 1 aromatic heterocycles. The van der Waals surface area contributed by atoms with Gasteiger partial charge in [-0.25, -0.2) is 14.8 Å². The van der Waals surface area contributed by atoms with Crippen LogP contribution in [0.25, 0.3) is 11.3 Å². The van der Waals surface area contributed by atoms with Gasteiger partial charge in [0.1, 0.15) is 6.33 Å². The van der Waals surface area contributed by atoms with Crippen LogP contribution in [0, 0.1) is 11.3 Å². The number of carbonyl (C=O) groups excluding carboxylic acids is 1. The molecule has 1 aliphatic rings. The van der Waals surface area contributed by atoms with Crippen LogP contribution < -0.4 is 0 Å². The maximum Gasteiger partial charge on any atom is 0.336 e. The third kappa shape index (κ3) is 4.32. The first-order valence-electron chi connectivity index (χ1n) is 9.18. The summed E-state index contributed by atoms with van der Waals surface area (Å²) in [5.74, 6) is -0.435. The minimum atomic E-state index is -0.974. The molecule has 27 heavy (non-hydrogen) atoms. The summed E-state index contributed by atoms with van der Waals surface area (Å²) in [6.45, 7) is 7.35. The third-order valence-corrected chi connectivity index (χ3v) is 4.87. The number of rotatable bonds is 4. The summed E-state index contributed by atoms with van der Waals surface area (Å²) in [6.07, 6.45) is 3.18. The lowest BCUT2D eigenvalue weighted by Gasteiger charge is -2.25. The Morgan fingerprint density at radius 1 is 1.22 bits per heavy atom. The second kappa shape index (κ2) is 7.47. The number of carboxylic acids is 1. The molecule has 1 aromatic carbocycles. The van der Waals surface area contributed by atoms with E-state index in [9.17, 15) is 14.7 Å². The summed E-state index contributed by atoms with van der Waals surface area (Å²) in [7, 11) is 0. The zero-order valence-electron chi connectivity index (χ0n) is 16.0. The Bertz CT molecular complexity index is 858. The molecule has 1 saturated heterocycles. The lowest BCUT2D eigenvalue weighted by atomic mass is 9.95. The molecule has 1 unspecified atom stereocenters. The number of nitrogens with zero attached hydrogens (tertiary/aromatic N) is 3. The van der Waals surface area contributed by atoms with Gasteiger partial charge in [-0.15, -0.1) is 0 Å². The lowest BCUT2D eigenvalue weighted by molar-refractivity contribution is -0.138. The van der Waals surface area contributed by atoms with E-state index in [0.29, 0.717) is 17.2 Å². The number of hydrogen-bond donors (Lipinski definition) is 1. The summed E-state index contributed by atoms with van der Waals surface area (Å²) in [6, 6.07) is 8.70. The van der Waals surface area contributed by atoms with Crippen LogP contribution in [0.3, 0.4) is 0 Å². The molecule has 1 atom stereocenters. The number of carboxylic acid groups (broad SMARTS) is 1. The van der Waals surface area contributed by atoms with Crippen molar-refractivity contribution in [2.75, 3.05) is 13.1 Å². The summed E-state index contributed by atoms with van der Waals surface area (Å²) in [5.41, 5.74) is 1.93. The summed E-state index contributed by atoms with van der Waals surface area (Å²) < 4.78 is 0. The Hall–Kier alpha value is -2.76. The molecule has 1 N–H and O–H groups in total. The molecule has 2 aromatic rings. The quantitative estimate of drug-likeness (QED) is 0.897. The highest BCUT2D eigenvalue weighted by molar-refractivity contribution is 5.95. The van der Waals surface area contributed by atoms with Crippen molar-refractivity contribution in [1.29, 1.82) is 0 Å². The van der Waals surface area contributed by atoms with Gasteiger partial charge in [-0.2, -0.15) is 0 Å². The van der Waals surface area contributed by atoms with Gasteiger partial charge in [-0.1, -0.05) is 39.0 Å². The predicted octanol–water partition coefficient (Wildman–Crippen LogP) is 3.28. The number of aromatic carboxylic acids is 1. The predicted molar refractivity (Wildman–Crippen MR) is 102 cm³/mol. The minimum Gasteiger partial charge on any atom is -0.478 e. The molecular weight excluding hydrogens is 342 g/mol. The standard InChI is InChI=1S/C21H25N3O3/c1-21(2,3)20(27)24-9-8-14(12-24)10-15-11-18(23-13-22-15)16-6-4-5-7-17(16)19(25)26/h4-7,11,13-14H,8-10,12H2,1-3H3,(H,25,26). The van der Waals surface area contributed by atoms with E-state index in [4.69, 9.17) is 0 Å². The van der Waals surface area contributed by atoms with Crippen molar-refractivity contribution < 1.29 is 14.7 Å². The van der Waals surface area contributed by atoms with Gasteiger partial charge in [0.15, 0.2) is 0 Å². The summed E-state index contributed by atoms with van der Waals surface area (Å²) in [4.78, 5) is 34.5. The summed E-state index contributed by atoms with van der Waals surface area (Å²) >= 11 is 0. The number of likely N-dealkylation sites (tertiary alicyclic amines) is 1. The number of carbonyl (C=O) groups is 2. The summed E-state index contributed by atoms with van der Waals surface area (Å²) in [5, 5.41) is 9.39. The van der Waals surface area contributed by atoms with Crippen molar-refractivity contribution in [2.24, 2.45) is 11.3 Å². The molecule has 0 spiro atoms. The Labute approximate surface area is 159 Å². The van der Waals surface area contributed by atoms with Crippen LogP contribution in [0.1, 0.15) is 43.2 Å². The fraction of sp³-hybridized carbons (Fsp3) is 0.429. The van der Waals surface area contributed by atoms with Crippen molar-refractivity contribution >= 4 is 11.9 Å². The van der Waals surface area contributed by atoms with Gasteiger partial charge in [0.05, 0.1) is 11.3 Å². The van der Waals surface area contributed by atoms with Crippen LogP contribution in [0.5, 0.6) is 0 Å². The van der Waals surface area contributed by atoms with Gasteiger partial charge in [0, 0.05) is 29.8 Å². The normalized spacial score (nSPS) is 17.1. The van der Waals surface area contributed by atoms with Crippen LogP contribution in [0.4, 0.5) is 0 Å². The van der Waals surface area contributed by atoms with Crippen LogP contribution in [0.2, 0.25) is 0 Å². The molecule has 0 saturated carbocycles. The van der Waals surface area contributed by atoms with Gasteiger partial charge >= 0.3 is 5.97 Å². The Morgan fingerprint density at radius 2 is 1.96 bits per heavy atom. The number of aromatic nitrogens is 2. The van der Waals surface area contributed by atoms with E-state index >= 15 is 0 Å². The van der Waals surface area contributed by atoms with Crippen molar-refractivity contribution in [3.63, 3.8) is 0 Å². The van der Waals surface area contributed by atoms with E-state index in [1.54, 1.807) is 24.3 Å². The molecule has 1 fully saturated rings. The van der Waals surface area contributed by atoms with Crippen LogP contribution in [0.15, 0.2) is 36.7 Å². The molecular formula is C21H25N3O3. The first kappa shape index (κ1) is 19.0. The Kier molecular flexibility index (Phi) is 5.26. The molecule has 2 heterocycles. The Morgan fingerprint density at radius 3 is 2.67 bits per heavy atom. The van der Waals surface area contributed by atoms with Crippen LogP contribution in [-0.2, 0) is 11.2 Å². The SMILES string of the molecule is CC(C)(C)C(=O)N1CCC(Cc2cc(-c3ccccc3C(=O)O)ncn2)C1. The highest BCUT2D eigenvalue weighted by atomic mass is 16.4. The van der Waals surface area contributed by atoms with Gasteiger partial charge in [0.2, 0.25) is 5.91 Å². The highest BCUT2D eigenvalue weighted by Crippen LogP contribution is 2.27.